The van der Waals surface area contributed by atoms with E-state index in [0.717, 1.165) is 0 Å². The van der Waals surface area contributed by atoms with Gasteiger partial charge in [0.1, 0.15) is 5.84 Å². The van der Waals surface area contributed by atoms with Gasteiger partial charge >= 0.3 is 0 Å². The standard InChI is InChI=1S/C8H18N4O2/c1-3-10-8(13)5-11-6(2)4-7(9)12-14/h6,11,14H,3-5H2,1-2H3,(H2,9,12)(H,10,13). The normalized spacial score (nSPS) is 13.7. The van der Waals surface area contributed by atoms with E-state index in [0.29, 0.717) is 13.0 Å². The van der Waals surface area contributed by atoms with Crippen LogP contribution in [0.4, 0.5) is 0 Å². The van der Waals surface area contributed by atoms with Gasteiger partial charge in [0.05, 0.1) is 6.54 Å². The predicted molar refractivity (Wildman–Crippen MR) is 54.2 cm³/mol. The van der Waals surface area contributed by atoms with Gasteiger partial charge in [-0.05, 0) is 13.8 Å². The Balaban J connectivity index is 3.63. The number of amides is 1. The number of nitrogens with two attached hydrogens (primary N) is 1. The Hall–Kier alpha value is -1.30. The number of likely N-dealkylation sites (N-methyl/N-ethyl adjacent to an activating group) is 1. The average Bonchev–Trinajstić information content (AvgIpc) is 2.15. The van der Waals surface area contributed by atoms with E-state index in [-0.39, 0.29) is 24.3 Å². The second kappa shape index (κ2) is 7.14. The van der Waals surface area contributed by atoms with Gasteiger partial charge in [0, 0.05) is 19.0 Å². The van der Waals surface area contributed by atoms with E-state index < -0.39 is 0 Å². The molecule has 14 heavy (non-hydrogen) atoms. The van der Waals surface area contributed by atoms with Crippen molar-refractivity contribution in [2.75, 3.05) is 13.1 Å². The maximum absolute atomic E-state index is 11.0. The third kappa shape index (κ3) is 6.24. The molecule has 6 heteroatoms. The molecule has 1 atom stereocenters. The summed E-state index contributed by atoms with van der Waals surface area (Å²) in [6.45, 7) is 4.58. The van der Waals surface area contributed by atoms with Crippen molar-refractivity contribution in [2.45, 2.75) is 26.3 Å². The summed E-state index contributed by atoms with van der Waals surface area (Å²) in [5, 5.41) is 16.8. The van der Waals surface area contributed by atoms with Gasteiger partial charge in [-0.15, -0.1) is 0 Å². The van der Waals surface area contributed by atoms with Gasteiger partial charge in [0.25, 0.3) is 0 Å². The van der Waals surface area contributed by atoms with E-state index >= 15 is 0 Å². The molecule has 0 spiro atoms. The second-order valence-electron chi connectivity index (χ2n) is 3.03. The van der Waals surface area contributed by atoms with Crippen LogP contribution in [0, 0.1) is 0 Å². The molecular formula is C8H18N4O2. The zero-order chi connectivity index (χ0) is 11.0. The average molecular weight is 202 g/mol. The zero-order valence-corrected chi connectivity index (χ0v) is 8.58. The molecule has 82 valence electrons. The number of rotatable bonds is 6. The van der Waals surface area contributed by atoms with Crippen molar-refractivity contribution in [1.82, 2.24) is 10.6 Å². The number of hydrogen-bond donors (Lipinski definition) is 4. The molecule has 0 aliphatic carbocycles. The molecule has 5 N–H and O–H groups in total. The van der Waals surface area contributed by atoms with Crippen LogP contribution in [0.15, 0.2) is 5.16 Å². The number of carbonyl (C=O) groups is 1. The minimum absolute atomic E-state index is 0.00788. The molecule has 0 aliphatic heterocycles. The first-order valence-corrected chi connectivity index (χ1v) is 4.56. The fraction of sp³-hybridized carbons (Fsp3) is 0.750. The van der Waals surface area contributed by atoms with Gasteiger partial charge in [-0.1, -0.05) is 5.16 Å². The molecule has 0 fully saturated rings. The maximum Gasteiger partial charge on any atom is 0.233 e. The summed E-state index contributed by atoms with van der Waals surface area (Å²) in [5.74, 6) is 0.0970. The first kappa shape index (κ1) is 12.7. The van der Waals surface area contributed by atoms with Crippen LogP contribution in [-0.4, -0.2) is 36.1 Å². The SMILES string of the molecule is CCNC(=O)CNC(C)CC(N)=NO. The molecule has 0 aliphatic rings. The first-order chi connectivity index (χ1) is 6.60. The van der Waals surface area contributed by atoms with Crippen LogP contribution in [0.2, 0.25) is 0 Å². The van der Waals surface area contributed by atoms with E-state index in [1.807, 2.05) is 13.8 Å². The number of nitrogens with zero attached hydrogens (tertiary/aromatic N) is 1. The number of hydrogen-bond acceptors (Lipinski definition) is 4. The molecule has 1 amide bonds. The number of carbonyl (C=O) groups excluding carboxylic acids is 1. The smallest absolute Gasteiger partial charge is 0.233 e. The van der Waals surface area contributed by atoms with Crippen molar-refractivity contribution >= 4 is 11.7 Å². The lowest BCUT2D eigenvalue weighted by atomic mass is 10.2. The van der Waals surface area contributed by atoms with Gasteiger partial charge in [-0.25, -0.2) is 0 Å². The second-order valence-corrected chi connectivity index (χ2v) is 3.03. The van der Waals surface area contributed by atoms with E-state index in [1.54, 1.807) is 0 Å². The van der Waals surface area contributed by atoms with E-state index in [4.69, 9.17) is 10.9 Å². The van der Waals surface area contributed by atoms with Crippen LogP contribution >= 0.6 is 0 Å². The van der Waals surface area contributed by atoms with Crippen LogP contribution in [0.3, 0.4) is 0 Å². The maximum atomic E-state index is 11.0. The highest BCUT2D eigenvalue weighted by Crippen LogP contribution is 1.89. The highest BCUT2D eigenvalue weighted by atomic mass is 16.4. The molecule has 0 saturated heterocycles. The lowest BCUT2D eigenvalue weighted by Gasteiger charge is -2.12. The van der Waals surface area contributed by atoms with Crippen LogP contribution in [0.25, 0.3) is 0 Å². The molecule has 0 bridgehead atoms. The zero-order valence-electron chi connectivity index (χ0n) is 8.58. The van der Waals surface area contributed by atoms with Crippen molar-refractivity contribution in [3.63, 3.8) is 0 Å². The Labute approximate surface area is 83.5 Å². The number of amidine groups is 1. The third-order valence-electron chi connectivity index (χ3n) is 1.63. The monoisotopic (exact) mass is 202 g/mol. The third-order valence-corrected chi connectivity index (χ3v) is 1.63. The Morgan fingerprint density at radius 3 is 2.79 bits per heavy atom. The summed E-state index contributed by atoms with van der Waals surface area (Å²) < 4.78 is 0. The van der Waals surface area contributed by atoms with Crippen molar-refractivity contribution in [2.24, 2.45) is 10.9 Å². The van der Waals surface area contributed by atoms with Crippen molar-refractivity contribution in [1.29, 1.82) is 0 Å². The van der Waals surface area contributed by atoms with Crippen LogP contribution in [0.5, 0.6) is 0 Å². The van der Waals surface area contributed by atoms with E-state index in [9.17, 15) is 4.79 Å². The number of oxime groups is 1. The molecular weight excluding hydrogens is 184 g/mol. The molecule has 0 rings (SSSR count). The van der Waals surface area contributed by atoms with Gasteiger partial charge in [-0.3, -0.25) is 4.79 Å². The topological polar surface area (TPSA) is 99.7 Å². The summed E-state index contributed by atoms with van der Waals surface area (Å²) in [4.78, 5) is 11.0. The lowest BCUT2D eigenvalue weighted by Crippen LogP contribution is -2.39. The fourth-order valence-corrected chi connectivity index (χ4v) is 0.953. The minimum atomic E-state index is -0.0566. The minimum Gasteiger partial charge on any atom is -0.409 e. The highest BCUT2D eigenvalue weighted by molar-refractivity contribution is 5.80. The quantitative estimate of drug-likeness (QED) is 0.197. The van der Waals surface area contributed by atoms with Crippen LogP contribution in [-0.2, 0) is 4.79 Å². The Bertz CT molecular complexity index is 206. The Kier molecular flexibility index (Phi) is 6.47. The predicted octanol–water partition coefficient (Wildman–Crippen LogP) is -0.763. The number of nitrogens with one attached hydrogen (secondary N) is 2. The Morgan fingerprint density at radius 1 is 1.64 bits per heavy atom. The van der Waals surface area contributed by atoms with Gasteiger partial charge < -0.3 is 21.6 Å². The van der Waals surface area contributed by atoms with Crippen LogP contribution < -0.4 is 16.4 Å². The van der Waals surface area contributed by atoms with Crippen LogP contribution in [0.1, 0.15) is 20.3 Å². The largest absolute Gasteiger partial charge is 0.409 e. The molecule has 0 aromatic carbocycles. The molecule has 0 saturated carbocycles. The summed E-state index contributed by atoms with van der Waals surface area (Å²) in [6.07, 6.45) is 0.413. The highest BCUT2D eigenvalue weighted by Gasteiger charge is 2.06. The summed E-state index contributed by atoms with van der Waals surface area (Å²) >= 11 is 0. The molecule has 6 nitrogen and oxygen atoms in total. The first-order valence-electron chi connectivity index (χ1n) is 4.56. The van der Waals surface area contributed by atoms with Gasteiger partial charge in [0.2, 0.25) is 5.91 Å². The Morgan fingerprint density at radius 2 is 2.29 bits per heavy atom. The lowest BCUT2D eigenvalue weighted by molar-refractivity contribution is -0.120. The summed E-state index contributed by atoms with van der Waals surface area (Å²) in [5.41, 5.74) is 5.30. The van der Waals surface area contributed by atoms with E-state index in [2.05, 4.69) is 15.8 Å². The van der Waals surface area contributed by atoms with Gasteiger partial charge in [-0.2, -0.15) is 0 Å². The molecule has 0 radical (unpaired) electrons. The molecule has 0 heterocycles. The summed E-state index contributed by atoms with van der Waals surface area (Å²) in [7, 11) is 0. The van der Waals surface area contributed by atoms with Crippen molar-refractivity contribution in [3.05, 3.63) is 0 Å². The van der Waals surface area contributed by atoms with Gasteiger partial charge in [0.15, 0.2) is 0 Å². The molecule has 0 aromatic heterocycles. The molecule has 1 unspecified atom stereocenters. The van der Waals surface area contributed by atoms with E-state index in [1.165, 1.54) is 0 Å². The van der Waals surface area contributed by atoms with Crippen molar-refractivity contribution in [3.8, 4) is 0 Å². The summed E-state index contributed by atoms with van der Waals surface area (Å²) in [6, 6.07) is 0.00788. The van der Waals surface area contributed by atoms with Crippen molar-refractivity contribution < 1.29 is 10.0 Å². The fourth-order valence-electron chi connectivity index (χ4n) is 0.953. The molecule has 0 aromatic rings.